The highest BCUT2D eigenvalue weighted by Crippen LogP contribution is 2.49. The lowest BCUT2D eigenvalue weighted by atomic mass is 9.74. The van der Waals surface area contributed by atoms with Crippen LogP contribution in [0, 0.1) is 5.41 Å². The maximum absolute atomic E-state index is 12.0. The van der Waals surface area contributed by atoms with Crippen molar-refractivity contribution < 1.29 is 12.5 Å². The van der Waals surface area contributed by atoms with E-state index in [0.717, 1.165) is 13.0 Å². The van der Waals surface area contributed by atoms with Crippen LogP contribution >= 0.6 is 33.6 Å². The summed E-state index contributed by atoms with van der Waals surface area (Å²) in [5.41, 5.74) is -0.0883. The van der Waals surface area contributed by atoms with Crippen LogP contribution in [0.15, 0.2) is 0 Å². The highest BCUT2D eigenvalue weighted by molar-refractivity contribution is 7.86. The molecule has 5 nitrogen and oxygen atoms in total. The van der Waals surface area contributed by atoms with Crippen LogP contribution in [0.1, 0.15) is 34.1 Å². The van der Waals surface area contributed by atoms with Crippen molar-refractivity contribution in [3.8, 4) is 0 Å². The molecule has 8 heteroatoms. The molecule has 0 aromatic heterocycles. The third-order valence-corrected chi connectivity index (χ3v) is 5.56. The highest BCUT2D eigenvalue weighted by Gasteiger charge is 2.43. The monoisotopic (exact) mass is 300 g/mol. The minimum Gasteiger partial charge on any atom is -0.311 e. The predicted octanol–water partition coefficient (Wildman–Crippen LogP) is 2.57. The lowest BCUT2D eigenvalue weighted by Crippen LogP contribution is -2.60. The lowest BCUT2D eigenvalue weighted by molar-refractivity contribution is 0.128. The van der Waals surface area contributed by atoms with E-state index in [2.05, 4.69) is 71.9 Å². The van der Waals surface area contributed by atoms with Gasteiger partial charge < -0.3 is 5.32 Å². The molecule has 0 amide bonds. The number of hydrogen-bond acceptors (Lipinski definition) is 6. The van der Waals surface area contributed by atoms with Gasteiger partial charge in [-0.15, -0.1) is 0 Å². The molecule has 17 heavy (non-hydrogen) atoms. The zero-order valence-electron chi connectivity index (χ0n) is 10.6. The fraction of sp³-hybridized carbons (Fsp3) is 1.00. The summed E-state index contributed by atoms with van der Waals surface area (Å²) in [5.74, 6) is 0. The van der Waals surface area contributed by atoms with Crippen molar-refractivity contribution in [3.63, 3.8) is 0 Å². The van der Waals surface area contributed by atoms with Crippen LogP contribution in [0.25, 0.3) is 0 Å². The molecule has 0 radical (unpaired) electrons. The summed E-state index contributed by atoms with van der Waals surface area (Å²) in [4.78, 5) is 0. The molecular weight excluding hydrogens is 279 g/mol. The van der Waals surface area contributed by atoms with E-state index in [1.165, 1.54) is 0 Å². The van der Waals surface area contributed by atoms with E-state index >= 15 is 0 Å². The Labute approximate surface area is 114 Å². The van der Waals surface area contributed by atoms with Gasteiger partial charge in [0.15, 0.2) is 0 Å². The number of rotatable bonds is 4. The van der Waals surface area contributed by atoms with Crippen LogP contribution in [-0.4, -0.2) is 18.1 Å². The molecule has 0 aliphatic carbocycles. The van der Waals surface area contributed by atoms with Crippen molar-refractivity contribution in [2.24, 2.45) is 5.41 Å². The zero-order valence-corrected chi connectivity index (χ0v) is 13.2. The van der Waals surface area contributed by atoms with Crippen LogP contribution in [0.5, 0.6) is 0 Å². The van der Waals surface area contributed by atoms with E-state index < -0.39 is 7.75 Å². The zero-order chi connectivity index (χ0) is 13.3. The summed E-state index contributed by atoms with van der Waals surface area (Å²) < 4.78 is 21.1. The molecule has 0 saturated carbocycles. The predicted molar refractivity (Wildman–Crippen MR) is 75.2 cm³/mol. The standard InChI is InChI=1S/C9H21N2O3PS2/c1-8(2)6-10-9(3,4)5-7(8)11-15(12,13-16)14-17/h7,10,16-17H,5-6H2,1-4H3,(H,11,12). The summed E-state index contributed by atoms with van der Waals surface area (Å²) in [6.07, 6.45) is 0.804. The summed E-state index contributed by atoms with van der Waals surface area (Å²) in [6.45, 7) is 9.20. The second kappa shape index (κ2) is 5.41. The summed E-state index contributed by atoms with van der Waals surface area (Å²) in [5, 5.41) is 6.35. The van der Waals surface area contributed by atoms with Gasteiger partial charge in [0.1, 0.15) is 0 Å². The van der Waals surface area contributed by atoms with E-state index in [-0.39, 0.29) is 17.0 Å². The lowest BCUT2D eigenvalue weighted by Gasteiger charge is -2.47. The van der Waals surface area contributed by atoms with E-state index in [9.17, 15) is 4.57 Å². The van der Waals surface area contributed by atoms with Crippen LogP contribution in [-0.2, 0) is 12.5 Å². The van der Waals surface area contributed by atoms with Crippen molar-refractivity contribution in [1.29, 1.82) is 0 Å². The van der Waals surface area contributed by atoms with Crippen molar-refractivity contribution >= 4 is 33.6 Å². The van der Waals surface area contributed by atoms with Gasteiger partial charge >= 0.3 is 7.75 Å². The Kier molecular flexibility index (Phi) is 5.03. The second-order valence-electron chi connectivity index (χ2n) is 5.77. The molecule has 1 saturated heterocycles. The van der Waals surface area contributed by atoms with Crippen LogP contribution in [0.2, 0.25) is 0 Å². The minimum absolute atomic E-state index is 0.0103. The minimum atomic E-state index is -3.44. The van der Waals surface area contributed by atoms with Crippen molar-refractivity contribution in [2.45, 2.75) is 45.7 Å². The van der Waals surface area contributed by atoms with Gasteiger partial charge in [-0.1, -0.05) is 13.8 Å². The molecule has 0 spiro atoms. The van der Waals surface area contributed by atoms with Gasteiger partial charge in [-0.3, -0.25) is 0 Å². The molecule has 1 fully saturated rings. The largest absolute Gasteiger partial charge is 0.427 e. The molecule has 1 atom stereocenters. The fourth-order valence-corrected chi connectivity index (χ4v) is 3.51. The smallest absolute Gasteiger partial charge is 0.311 e. The first-order valence-electron chi connectivity index (χ1n) is 5.43. The number of piperidine rings is 1. The Morgan fingerprint density at radius 1 is 1.29 bits per heavy atom. The number of thiol groups is 2. The average Bonchev–Trinajstić information content (AvgIpc) is 2.24. The Morgan fingerprint density at radius 3 is 2.29 bits per heavy atom. The molecule has 2 N–H and O–H groups in total. The van der Waals surface area contributed by atoms with Gasteiger partial charge in [0.2, 0.25) is 0 Å². The SMILES string of the molecule is CC1(C)CC(NP(=O)(OS)OS)C(C)(C)CN1. The first kappa shape index (κ1) is 15.8. The Hall–Kier alpha value is 0.770. The molecule has 1 aliphatic heterocycles. The second-order valence-corrected chi connectivity index (χ2v) is 8.33. The maximum atomic E-state index is 12.0. The van der Waals surface area contributed by atoms with Crippen LogP contribution in [0.4, 0.5) is 0 Å². The van der Waals surface area contributed by atoms with E-state index in [1.807, 2.05) is 0 Å². The first-order chi connectivity index (χ1) is 7.64. The molecule has 1 rings (SSSR count). The third-order valence-electron chi connectivity index (χ3n) is 3.21. The third kappa shape index (κ3) is 4.13. The molecule has 1 heterocycles. The summed E-state index contributed by atoms with van der Waals surface area (Å²) in [6, 6.07) is -0.0103. The van der Waals surface area contributed by atoms with E-state index in [4.69, 9.17) is 0 Å². The number of nitrogens with one attached hydrogen (secondary N) is 2. The van der Waals surface area contributed by atoms with Crippen LogP contribution in [0.3, 0.4) is 0 Å². The maximum Gasteiger partial charge on any atom is 0.427 e. The van der Waals surface area contributed by atoms with Gasteiger partial charge in [0.25, 0.3) is 0 Å². The van der Waals surface area contributed by atoms with Gasteiger partial charge in [-0.2, -0.15) is 0 Å². The van der Waals surface area contributed by atoms with Gasteiger partial charge in [0.05, 0.1) is 0 Å². The summed E-state index contributed by atoms with van der Waals surface area (Å²) in [7, 11) is -3.44. The Morgan fingerprint density at radius 2 is 1.82 bits per heavy atom. The molecule has 1 aliphatic rings. The van der Waals surface area contributed by atoms with Crippen molar-refractivity contribution in [2.75, 3.05) is 6.54 Å². The van der Waals surface area contributed by atoms with Crippen LogP contribution < -0.4 is 10.4 Å². The molecule has 0 aromatic rings. The van der Waals surface area contributed by atoms with Gasteiger partial charge in [-0.05, 0) is 51.5 Å². The fourth-order valence-electron chi connectivity index (χ4n) is 1.92. The number of hydrogen-bond donors (Lipinski definition) is 4. The van der Waals surface area contributed by atoms with Gasteiger partial charge in [-0.25, -0.2) is 17.6 Å². The first-order valence-corrected chi connectivity index (χ1v) is 7.71. The Balaban J connectivity index is 2.82. The molecule has 0 bridgehead atoms. The van der Waals surface area contributed by atoms with E-state index in [1.54, 1.807) is 0 Å². The average molecular weight is 300 g/mol. The molecular formula is C9H21N2O3PS2. The topological polar surface area (TPSA) is 59.6 Å². The van der Waals surface area contributed by atoms with E-state index in [0.29, 0.717) is 0 Å². The van der Waals surface area contributed by atoms with Crippen molar-refractivity contribution in [3.05, 3.63) is 0 Å². The Bertz CT molecular complexity index is 317. The van der Waals surface area contributed by atoms with Gasteiger partial charge in [0, 0.05) is 18.1 Å². The normalized spacial score (nSPS) is 28.0. The summed E-state index contributed by atoms with van der Waals surface area (Å²) >= 11 is 7.13. The quantitative estimate of drug-likeness (QED) is 0.365. The molecule has 0 aromatic carbocycles. The highest BCUT2D eigenvalue weighted by atomic mass is 32.1. The molecule has 1 unspecified atom stereocenters. The van der Waals surface area contributed by atoms with Crippen molar-refractivity contribution in [1.82, 2.24) is 10.4 Å². The molecule has 102 valence electrons.